The van der Waals surface area contributed by atoms with E-state index in [4.69, 9.17) is 9.40 Å². The Bertz CT molecular complexity index is 736. The minimum Gasteiger partial charge on any atom is -0.440 e. The lowest BCUT2D eigenvalue weighted by Crippen LogP contribution is -1.85. The molecule has 1 aliphatic carbocycles. The highest BCUT2D eigenvalue weighted by Crippen LogP contribution is 2.47. The number of carbonyl (C=O) groups excluding carboxylic acids is 1. The van der Waals surface area contributed by atoms with Crippen molar-refractivity contribution in [3.8, 4) is 22.6 Å². The molecule has 1 saturated carbocycles. The Morgan fingerprint density at radius 2 is 1.59 bits per heavy atom. The monoisotopic (exact) mass is 289 g/mol. The van der Waals surface area contributed by atoms with Crippen LogP contribution in [0.25, 0.3) is 22.6 Å². The molecule has 2 aromatic carbocycles. The quantitative estimate of drug-likeness (QED) is 0.672. The second-order valence-corrected chi connectivity index (χ2v) is 5.60. The highest BCUT2D eigenvalue weighted by molar-refractivity contribution is 5.77. The molecule has 1 aliphatic rings. The van der Waals surface area contributed by atoms with Crippen molar-refractivity contribution in [2.45, 2.75) is 12.3 Å². The fourth-order valence-electron chi connectivity index (χ4n) is 2.72. The maximum Gasteiger partial charge on any atom is 0.199 e. The predicted octanol–water partition coefficient (Wildman–Crippen LogP) is 4.31. The Morgan fingerprint density at radius 1 is 0.955 bits per heavy atom. The first-order valence-corrected chi connectivity index (χ1v) is 7.43. The van der Waals surface area contributed by atoms with Crippen molar-refractivity contribution in [2.24, 2.45) is 5.92 Å². The van der Waals surface area contributed by atoms with E-state index in [2.05, 4.69) is 0 Å². The molecule has 0 saturated heterocycles. The van der Waals surface area contributed by atoms with Crippen molar-refractivity contribution in [2.75, 3.05) is 0 Å². The molecule has 2 unspecified atom stereocenters. The van der Waals surface area contributed by atoms with E-state index in [0.29, 0.717) is 5.89 Å². The second kappa shape index (κ2) is 5.26. The Balaban J connectivity index is 1.83. The van der Waals surface area contributed by atoms with Crippen molar-refractivity contribution < 1.29 is 9.21 Å². The van der Waals surface area contributed by atoms with Crippen LogP contribution >= 0.6 is 0 Å². The van der Waals surface area contributed by atoms with Gasteiger partial charge in [0.2, 0.25) is 0 Å². The maximum atomic E-state index is 10.9. The van der Waals surface area contributed by atoms with Gasteiger partial charge in [0.25, 0.3) is 0 Å². The zero-order valence-corrected chi connectivity index (χ0v) is 12.0. The fraction of sp³-hybridized carbons (Fsp3) is 0.158. The molecule has 3 nitrogen and oxygen atoms in total. The molecule has 3 aromatic rings. The largest absolute Gasteiger partial charge is 0.440 e. The van der Waals surface area contributed by atoms with Gasteiger partial charge >= 0.3 is 0 Å². The summed E-state index contributed by atoms with van der Waals surface area (Å²) in [5.41, 5.74) is 2.88. The lowest BCUT2D eigenvalue weighted by molar-refractivity contribution is -0.108. The van der Waals surface area contributed by atoms with Crippen LogP contribution in [-0.4, -0.2) is 11.3 Å². The van der Waals surface area contributed by atoms with Gasteiger partial charge in [0, 0.05) is 23.0 Å². The highest BCUT2D eigenvalue weighted by atomic mass is 16.4. The molecule has 0 bridgehead atoms. The third-order valence-corrected chi connectivity index (χ3v) is 4.06. The minimum atomic E-state index is 0.0610. The van der Waals surface area contributed by atoms with Gasteiger partial charge in [0.1, 0.15) is 12.0 Å². The van der Waals surface area contributed by atoms with Gasteiger partial charge in [-0.15, -0.1) is 0 Å². The number of hydrogen-bond donors (Lipinski definition) is 0. The van der Waals surface area contributed by atoms with E-state index in [-0.39, 0.29) is 11.8 Å². The van der Waals surface area contributed by atoms with Crippen molar-refractivity contribution in [1.29, 1.82) is 0 Å². The van der Waals surface area contributed by atoms with Gasteiger partial charge in [-0.1, -0.05) is 60.7 Å². The summed E-state index contributed by atoms with van der Waals surface area (Å²) < 4.78 is 6.04. The number of aldehydes is 1. The average Bonchev–Trinajstić information content (AvgIpc) is 3.26. The summed E-state index contributed by atoms with van der Waals surface area (Å²) >= 11 is 0. The van der Waals surface area contributed by atoms with Gasteiger partial charge in [-0.2, -0.15) is 0 Å². The molecule has 108 valence electrons. The van der Waals surface area contributed by atoms with Crippen LogP contribution in [0.2, 0.25) is 0 Å². The van der Waals surface area contributed by atoms with E-state index in [1.807, 2.05) is 60.7 Å². The highest BCUT2D eigenvalue weighted by Gasteiger charge is 2.42. The zero-order valence-electron chi connectivity index (χ0n) is 12.0. The van der Waals surface area contributed by atoms with Crippen LogP contribution < -0.4 is 0 Å². The predicted molar refractivity (Wildman–Crippen MR) is 84.3 cm³/mol. The van der Waals surface area contributed by atoms with Crippen LogP contribution in [0.3, 0.4) is 0 Å². The normalized spacial score (nSPS) is 19.8. The Labute approximate surface area is 128 Å². The number of hydrogen-bond acceptors (Lipinski definition) is 3. The summed E-state index contributed by atoms with van der Waals surface area (Å²) in [6.07, 6.45) is 1.84. The van der Waals surface area contributed by atoms with Gasteiger partial charge in [0.15, 0.2) is 11.7 Å². The van der Waals surface area contributed by atoms with E-state index in [0.717, 1.165) is 35.3 Å². The zero-order chi connectivity index (χ0) is 14.9. The molecule has 0 spiro atoms. The topological polar surface area (TPSA) is 43.1 Å². The van der Waals surface area contributed by atoms with Crippen LogP contribution in [0.1, 0.15) is 18.2 Å². The summed E-state index contributed by atoms with van der Waals surface area (Å²) in [4.78, 5) is 15.6. The van der Waals surface area contributed by atoms with Crippen molar-refractivity contribution in [3.05, 3.63) is 66.6 Å². The van der Waals surface area contributed by atoms with E-state index in [1.54, 1.807) is 0 Å². The number of aromatic nitrogens is 1. The molecule has 0 amide bonds. The van der Waals surface area contributed by atoms with Crippen LogP contribution in [0.5, 0.6) is 0 Å². The molecule has 1 aromatic heterocycles. The molecule has 22 heavy (non-hydrogen) atoms. The van der Waals surface area contributed by atoms with Crippen LogP contribution in [0, 0.1) is 5.92 Å². The first-order valence-electron chi connectivity index (χ1n) is 7.43. The van der Waals surface area contributed by atoms with Gasteiger partial charge in [-0.05, 0) is 6.42 Å². The van der Waals surface area contributed by atoms with Crippen LogP contribution in [-0.2, 0) is 4.79 Å². The Kier molecular flexibility index (Phi) is 3.11. The lowest BCUT2D eigenvalue weighted by Gasteiger charge is -2.00. The summed E-state index contributed by atoms with van der Waals surface area (Å²) in [6, 6.07) is 20.0. The second-order valence-electron chi connectivity index (χ2n) is 5.60. The van der Waals surface area contributed by atoms with E-state index in [9.17, 15) is 4.79 Å². The minimum absolute atomic E-state index is 0.0610. The molecule has 0 N–H and O–H groups in total. The first kappa shape index (κ1) is 13.0. The van der Waals surface area contributed by atoms with E-state index >= 15 is 0 Å². The molecule has 1 heterocycles. The molecular formula is C19H15NO2. The Morgan fingerprint density at radius 3 is 2.18 bits per heavy atom. The maximum absolute atomic E-state index is 10.9. The third kappa shape index (κ3) is 2.25. The summed E-state index contributed by atoms with van der Waals surface area (Å²) in [5, 5.41) is 0. The molecule has 1 fully saturated rings. The molecule has 3 heteroatoms. The Hall–Kier alpha value is -2.68. The SMILES string of the molecule is O=CC1CC1c1nc(-c2ccccc2)c(-c2ccccc2)o1. The van der Waals surface area contributed by atoms with E-state index < -0.39 is 0 Å². The number of benzene rings is 2. The molecule has 2 atom stereocenters. The van der Waals surface area contributed by atoms with Crippen molar-refractivity contribution >= 4 is 6.29 Å². The van der Waals surface area contributed by atoms with Gasteiger partial charge in [0.05, 0.1) is 0 Å². The van der Waals surface area contributed by atoms with E-state index in [1.165, 1.54) is 0 Å². The molecular weight excluding hydrogens is 274 g/mol. The smallest absolute Gasteiger partial charge is 0.199 e. The third-order valence-electron chi connectivity index (χ3n) is 4.06. The van der Waals surface area contributed by atoms with Gasteiger partial charge in [-0.25, -0.2) is 4.98 Å². The standard InChI is InChI=1S/C19H15NO2/c21-12-15-11-16(15)19-20-17(13-7-3-1-4-8-13)18(22-19)14-9-5-2-6-10-14/h1-10,12,15-16H,11H2. The summed E-state index contributed by atoms with van der Waals surface area (Å²) in [6.45, 7) is 0. The molecule has 0 aliphatic heterocycles. The fourth-order valence-corrected chi connectivity index (χ4v) is 2.72. The average molecular weight is 289 g/mol. The molecule has 4 rings (SSSR count). The van der Waals surface area contributed by atoms with Gasteiger partial charge < -0.3 is 9.21 Å². The number of oxazole rings is 1. The first-order chi connectivity index (χ1) is 10.9. The number of rotatable bonds is 4. The number of nitrogens with zero attached hydrogens (tertiary/aromatic N) is 1. The van der Waals surface area contributed by atoms with Crippen molar-refractivity contribution in [1.82, 2.24) is 4.98 Å². The van der Waals surface area contributed by atoms with Crippen LogP contribution in [0.4, 0.5) is 0 Å². The summed E-state index contributed by atoms with van der Waals surface area (Å²) in [5.74, 6) is 1.65. The van der Waals surface area contributed by atoms with Crippen LogP contribution in [0.15, 0.2) is 65.1 Å². The molecule has 0 radical (unpaired) electrons. The van der Waals surface area contributed by atoms with Crippen molar-refractivity contribution in [3.63, 3.8) is 0 Å². The van der Waals surface area contributed by atoms with Gasteiger partial charge in [-0.3, -0.25) is 0 Å². The number of carbonyl (C=O) groups is 1. The lowest BCUT2D eigenvalue weighted by atomic mass is 10.1. The summed E-state index contributed by atoms with van der Waals surface area (Å²) in [7, 11) is 0.